The number of halogens is 2. The van der Waals surface area contributed by atoms with Crippen LogP contribution in [0.15, 0.2) is 18.2 Å². The first-order chi connectivity index (χ1) is 9.89. The summed E-state index contributed by atoms with van der Waals surface area (Å²) in [6.07, 6.45) is 1.90. The molecule has 1 amide bonds. The van der Waals surface area contributed by atoms with Gasteiger partial charge in [-0.3, -0.25) is 9.59 Å². The molecule has 21 heavy (non-hydrogen) atoms. The molecule has 0 spiro atoms. The van der Waals surface area contributed by atoms with Gasteiger partial charge >= 0.3 is 5.97 Å². The first-order valence-electron chi connectivity index (χ1n) is 6.87. The van der Waals surface area contributed by atoms with Gasteiger partial charge < -0.3 is 10.0 Å². The zero-order valence-corrected chi connectivity index (χ0v) is 14.6. The highest BCUT2D eigenvalue weighted by molar-refractivity contribution is 14.1. The Morgan fingerprint density at radius 1 is 1.48 bits per heavy atom. The molecule has 0 aliphatic carbocycles. The minimum atomic E-state index is -0.805. The molecule has 1 aromatic carbocycles. The number of benzene rings is 1. The van der Waals surface area contributed by atoms with Crippen LogP contribution in [0.3, 0.4) is 0 Å². The maximum atomic E-state index is 12.6. The second-order valence-electron chi connectivity index (χ2n) is 5.44. The number of hydrogen-bond donors (Lipinski definition) is 1. The molecule has 1 heterocycles. The molecule has 114 valence electrons. The second kappa shape index (κ2) is 6.52. The van der Waals surface area contributed by atoms with Gasteiger partial charge in [0.15, 0.2) is 0 Å². The van der Waals surface area contributed by atoms with Gasteiger partial charge in [0.25, 0.3) is 5.91 Å². The van der Waals surface area contributed by atoms with Gasteiger partial charge in [0.05, 0.1) is 11.0 Å². The number of carboxylic acid groups (broad SMARTS) is 1. The van der Waals surface area contributed by atoms with Crippen molar-refractivity contribution in [2.45, 2.75) is 26.2 Å². The van der Waals surface area contributed by atoms with E-state index < -0.39 is 11.4 Å². The zero-order chi connectivity index (χ0) is 15.6. The van der Waals surface area contributed by atoms with Crippen LogP contribution in [0.25, 0.3) is 0 Å². The molecule has 6 heteroatoms. The van der Waals surface area contributed by atoms with Crippen LogP contribution in [0, 0.1) is 8.99 Å². The molecule has 1 atom stereocenters. The quantitative estimate of drug-likeness (QED) is 0.755. The minimum absolute atomic E-state index is 0.138. The first-order valence-corrected chi connectivity index (χ1v) is 8.33. The van der Waals surface area contributed by atoms with Gasteiger partial charge in [0, 0.05) is 21.7 Å². The van der Waals surface area contributed by atoms with Crippen molar-refractivity contribution in [3.63, 3.8) is 0 Å². The summed E-state index contributed by atoms with van der Waals surface area (Å²) >= 11 is 8.05. The highest BCUT2D eigenvalue weighted by Crippen LogP contribution is 2.36. The molecule has 0 saturated carbocycles. The lowest BCUT2D eigenvalue weighted by molar-refractivity contribution is -0.148. The maximum Gasteiger partial charge on any atom is 0.311 e. The fourth-order valence-electron chi connectivity index (χ4n) is 2.84. The molecular weight excluding hydrogens is 405 g/mol. The van der Waals surface area contributed by atoms with Gasteiger partial charge in [-0.25, -0.2) is 0 Å². The Morgan fingerprint density at radius 3 is 2.81 bits per heavy atom. The first kappa shape index (κ1) is 16.5. The molecule has 1 unspecified atom stereocenters. The molecule has 1 aliphatic heterocycles. The number of amides is 1. The van der Waals surface area contributed by atoms with Crippen LogP contribution in [0.1, 0.15) is 36.5 Å². The summed E-state index contributed by atoms with van der Waals surface area (Å²) in [5.74, 6) is -0.943. The van der Waals surface area contributed by atoms with Crippen molar-refractivity contribution in [1.29, 1.82) is 0 Å². The smallest absolute Gasteiger partial charge is 0.311 e. The number of carboxylic acids is 1. The lowest BCUT2D eigenvalue weighted by atomic mass is 9.83. The van der Waals surface area contributed by atoms with E-state index in [1.54, 1.807) is 23.1 Å². The van der Waals surface area contributed by atoms with Crippen molar-refractivity contribution in [3.8, 4) is 0 Å². The average Bonchev–Trinajstić information content (AvgIpc) is 2.87. The lowest BCUT2D eigenvalue weighted by Crippen LogP contribution is -2.37. The number of rotatable bonds is 4. The van der Waals surface area contributed by atoms with Crippen LogP contribution < -0.4 is 0 Å². The van der Waals surface area contributed by atoms with Crippen LogP contribution in [0.2, 0.25) is 5.02 Å². The standard InChI is InChI=1S/C15H17ClINO3/c1-2-5-15(14(20)21)6-7-18(9-15)13(19)11-8-10(16)3-4-12(11)17/h3-4,8H,2,5-7,9H2,1H3,(H,20,21). The number of carbonyl (C=O) groups excluding carboxylic acids is 1. The Balaban J connectivity index is 2.22. The predicted octanol–water partition coefficient (Wildman–Crippen LogP) is 3.66. The molecule has 0 aromatic heterocycles. The average molecular weight is 422 g/mol. The van der Waals surface area contributed by atoms with Crippen LogP contribution in [0.4, 0.5) is 0 Å². The van der Waals surface area contributed by atoms with Crippen molar-refractivity contribution < 1.29 is 14.7 Å². The summed E-state index contributed by atoms with van der Waals surface area (Å²) in [6.45, 7) is 2.72. The molecule has 1 saturated heterocycles. The van der Waals surface area contributed by atoms with E-state index in [1.807, 2.05) is 6.92 Å². The molecule has 1 N–H and O–H groups in total. The van der Waals surface area contributed by atoms with Crippen LogP contribution >= 0.6 is 34.2 Å². The normalized spacial score (nSPS) is 21.6. The number of likely N-dealkylation sites (tertiary alicyclic amines) is 1. The second-order valence-corrected chi connectivity index (χ2v) is 7.03. The highest BCUT2D eigenvalue weighted by Gasteiger charge is 2.45. The van der Waals surface area contributed by atoms with Gasteiger partial charge in [-0.2, -0.15) is 0 Å². The van der Waals surface area contributed by atoms with Crippen LogP contribution in [0.5, 0.6) is 0 Å². The number of hydrogen-bond acceptors (Lipinski definition) is 2. The van der Waals surface area contributed by atoms with Gasteiger partial charge in [0.1, 0.15) is 0 Å². The third kappa shape index (κ3) is 3.34. The van der Waals surface area contributed by atoms with Gasteiger partial charge in [-0.15, -0.1) is 0 Å². The Bertz CT molecular complexity index is 578. The summed E-state index contributed by atoms with van der Waals surface area (Å²) in [6, 6.07) is 5.18. The Labute approximate surface area is 142 Å². The summed E-state index contributed by atoms with van der Waals surface area (Å²) in [7, 11) is 0. The lowest BCUT2D eigenvalue weighted by Gasteiger charge is -2.24. The zero-order valence-electron chi connectivity index (χ0n) is 11.7. The number of nitrogens with zero attached hydrogens (tertiary/aromatic N) is 1. The van der Waals surface area contributed by atoms with Crippen molar-refractivity contribution in [2.75, 3.05) is 13.1 Å². The Hall–Kier alpha value is -0.820. The highest BCUT2D eigenvalue weighted by atomic mass is 127. The molecule has 0 radical (unpaired) electrons. The van der Waals surface area contributed by atoms with Gasteiger partial charge in [-0.05, 0) is 53.6 Å². The molecule has 0 bridgehead atoms. The molecule has 4 nitrogen and oxygen atoms in total. The summed E-state index contributed by atoms with van der Waals surface area (Å²) in [5, 5.41) is 10.0. The van der Waals surface area contributed by atoms with E-state index in [-0.39, 0.29) is 12.5 Å². The van der Waals surface area contributed by atoms with E-state index in [1.165, 1.54) is 0 Å². The maximum absolute atomic E-state index is 12.6. The predicted molar refractivity (Wildman–Crippen MR) is 89.7 cm³/mol. The fraction of sp³-hybridized carbons (Fsp3) is 0.467. The van der Waals surface area contributed by atoms with Gasteiger partial charge in [-0.1, -0.05) is 24.9 Å². The van der Waals surface area contributed by atoms with E-state index >= 15 is 0 Å². The van der Waals surface area contributed by atoms with Crippen molar-refractivity contribution in [3.05, 3.63) is 32.4 Å². The van der Waals surface area contributed by atoms with Crippen molar-refractivity contribution in [2.24, 2.45) is 5.41 Å². The van der Waals surface area contributed by atoms with E-state index in [0.717, 1.165) is 9.99 Å². The molecule has 1 fully saturated rings. The molecular formula is C15H17ClINO3. The van der Waals surface area contributed by atoms with Crippen molar-refractivity contribution in [1.82, 2.24) is 4.90 Å². The summed E-state index contributed by atoms with van der Waals surface area (Å²) < 4.78 is 0.824. The minimum Gasteiger partial charge on any atom is -0.481 e. The summed E-state index contributed by atoms with van der Waals surface area (Å²) in [4.78, 5) is 25.8. The Morgan fingerprint density at radius 2 is 2.19 bits per heavy atom. The van der Waals surface area contributed by atoms with E-state index in [2.05, 4.69) is 22.6 Å². The molecule has 1 aliphatic rings. The van der Waals surface area contributed by atoms with Crippen molar-refractivity contribution >= 4 is 46.1 Å². The largest absolute Gasteiger partial charge is 0.481 e. The monoisotopic (exact) mass is 421 g/mol. The van der Waals surface area contributed by atoms with Gasteiger partial charge in [0.2, 0.25) is 0 Å². The number of carbonyl (C=O) groups is 2. The Kier molecular flexibility index (Phi) is 5.14. The van der Waals surface area contributed by atoms with Crippen LogP contribution in [-0.2, 0) is 4.79 Å². The summed E-state index contributed by atoms with van der Waals surface area (Å²) in [5.41, 5.74) is -0.255. The number of aliphatic carboxylic acids is 1. The van der Waals surface area contributed by atoms with E-state index in [0.29, 0.717) is 30.0 Å². The SMILES string of the molecule is CCCC1(C(=O)O)CCN(C(=O)c2cc(Cl)ccc2I)C1. The van der Waals surface area contributed by atoms with Crippen LogP contribution in [-0.4, -0.2) is 35.0 Å². The topological polar surface area (TPSA) is 57.6 Å². The molecule has 2 rings (SSSR count). The van der Waals surface area contributed by atoms with E-state index in [4.69, 9.17) is 11.6 Å². The van der Waals surface area contributed by atoms with E-state index in [9.17, 15) is 14.7 Å². The third-order valence-electron chi connectivity index (χ3n) is 3.98. The third-order valence-corrected chi connectivity index (χ3v) is 5.16. The fourth-order valence-corrected chi connectivity index (χ4v) is 3.58. The molecule has 1 aromatic rings.